The summed E-state index contributed by atoms with van der Waals surface area (Å²) in [5, 5.41) is 0. The summed E-state index contributed by atoms with van der Waals surface area (Å²) in [5.74, 6) is 0.112. The Kier molecular flexibility index (Phi) is 5.11. The molecule has 0 aromatic rings. The molecule has 0 saturated heterocycles. The van der Waals surface area contributed by atoms with Gasteiger partial charge in [-0.1, -0.05) is 13.8 Å². The number of aliphatic imine (C=N–C) groups is 2. The average Bonchev–Trinajstić information content (AvgIpc) is 2.05. The zero-order valence-corrected chi connectivity index (χ0v) is 8.09. The van der Waals surface area contributed by atoms with Gasteiger partial charge in [0.1, 0.15) is 5.70 Å². The molecule has 0 bridgehead atoms. The zero-order chi connectivity index (χ0) is 10.4. The molecule has 0 radical (unpaired) electrons. The van der Waals surface area contributed by atoms with E-state index in [1.807, 2.05) is 13.8 Å². The van der Waals surface area contributed by atoms with Crippen LogP contribution in [0.3, 0.4) is 0 Å². The van der Waals surface area contributed by atoms with Crippen molar-refractivity contribution in [3.8, 4) is 0 Å². The molecule has 0 unspecified atom stereocenters. The van der Waals surface area contributed by atoms with Gasteiger partial charge in [-0.05, 0) is 18.7 Å². The second kappa shape index (κ2) is 5.56. The normalized spacial score (nSPS) is 14.1. The van der Waals surface area contributed by atoms with Crippen molar-refractivity contribution in [2.45, 2.75) is 20.3 Å². The summed E-state index contributed by atoms with van der Waals surface area (Å²) in [5.41, 5.74) is 0.275. The maximum atomic E-state index is 12.2. The smallest absolute Gasteiger partial charge is 0.280 e. The Morgan fingerprint density at radius 1 is 1.38 bits per heavy atom. The number of hydrogen-bond acceptors (Lipinski definition) is 2. The van der Waals surface area contributed by atoms with Gasteiger partial charge in [0.2, 0.25) is 0 Å². The van der Waals surface area contributed by atoms with Crippen LogP contribution in [-0.4, -0.2) is 25.9 Å². The number of nitrogens with zero attached hydrogens (tertiary/aromatic N) is 2. The maximum absolute atomic E-state index is 12.2. The van der Waals surface area contributed by atoms with Crippen molar-refractivity contribution in [3.63, 3.8) is 0 Å². The Balaban J connectivity index is 4.76. The first-order valence-corrected chi connectivity index (χ1v) is 3.96. The third kappa shape index (κ3) is 3.92. The Hall–Kier alpha value is -1.06. The van der Waals surface area contributed by atoms with Gasteiger partial charge >= 0.3 is 0 Å². The summed E-state index contributed by atoms with van der Waals surface area (Å²) in [6, 6.07) is 0. The van der Waals surface area contributed by atoms with Crippen molar-refractivity contribution in [2.75, 3.05) is 7.05 Å². The van der Waals surface area contributed by atoms with Crippen molar-refractivity contribution >= 4 is 12.4 Å². The third-order valence-electron chi connectivity index (χ3n) is 1.55. The molecule has 74 valence electrons. The standard InChI is InChI=1S/C9H14F2N2/c1-6(2)7(12-3)5-8(13-4)9(10)11/h5-6,9H,4H2,1-3H3/b8-5-,12-7?. The molecule has 0 aromatic carbocycles. The fourth-order valence-electron chi connectivity index (χ4n) is 0.819. The van der Waals surface area contributed by atoms with Crippen LogP contribution >= 0.6 is 0 Å². The van der Waals surface area contributed by atoms with Gasteiger partial charge in [0.05, 0.1) is 0 Å². The highest BCUT2D eigenvalue weighted by Gasteiger charge is 2.11. The number of allylic oxidation sites excluding steroid dienone is 2. The highest BCUT2D eigenvalue weighted by molar-refractivity contribution is 5.96. The molecule has 0 spiro atoms. The minimum absolute atomic E-state index is 0.112. The van der Waals surface area contributed by atoms with Crippen molar-refractivity contribution in [3.05, 3.63) is 11.8 Å². The van der Waals surface area contributed by atoms with Crippen LogP contribution in [0.2, 0.25) is 0 Å². The lowest BCUT2D eigenvalue weighted by atomic mass is 10.1. The van der Waals surface area contributed by atoms with Gasteiger partial charge in [0.25, 0.3) is 6.43 Å². The molecule has 0 aromatic heterocycles. The first-order chi connectivity index (χ1) is 6.02. The van der Waals surface area contributed by atoms with E-state index in [0.29, 0.717) is 5.71 Å². The molecule has 0 aliphatic carbocycles. The topological polar surface area (TPSA) is 24.7 Å². The fourth-order valence-corrected chi connectivity index (χ4v) is 0.819. The maximum Gasteiger partial charge on any atom is 0.280 e. The highest BCUT2D eigenvalue weighted by atomic mass is 19.3. The molecule has 0 atom stereocenters. The van der Waals surface area contributed by atoms with Crippen molar-refractivity contribution in [1.29, 1.82) is 0 Å². The van der Waals surface area contributed by atoms with E-state index in [4.69, 9.17) is 0 Å². The molecule has 0 aliphatic rings. The number of halogens is 2. The third-order valence-corrected chi connectivity index (χ3v) is 1.55. The lowest BCUT2D eigenvalue weighted by molar-refractivity contribution is 0.188. The van der Waals surface area contributed by atoms with Crippen molar-refractivity contribution in [1.82, 2.24) is 0 Å². The Labute approximate surface area is 77.1 Å². The summed E-state index contributed by atoms with van der Waals surface area (Å²) in [6.45, 7) is 6.84. The van der Waals surface area contributed by atoms with Crippen LogP contribution in [0.25, 0.3) is 0 Å². The number of hydrogen-bond donors (Lipinski definition) is 0. The second-order valence-corrected chi connectivity index (χ2v) is 2.83. The van der Waals surface area contributed by atoms with Gasteiger partial charge in [-0.3, -0.25) is 9.98 Å². The average molecular weight is 188 g/mol. The van der Waals surface area contributed by atoms with Crippen LogP contribution in [0.15, 0.2) is 21.8 Å². The molecule has 2 nitrogen and oxygen atoms in total. The molecule has 0 aliphatic heterocycles. The summed E-state index contributed by atoms with van der Waals surface area (Å²) < 4.78 is 24.4. The fraction of sp³-hybridized carbons (Fsp3) is 0.556. The van der Waals surface area contributed by atoms with Gasteiger partial charge in [-0.25, -0.2) is 8.78 Å². The first-order valence-electron chi connectivity index (χ1n) is 3.96. The van der Waals surface area contributed by atoms with Crippen molar-refractivity contribution < 1.29 is 8.78 Å². The SMILES string of the molecule is C=N/C(=C\C(=NC)C(C)C)C(F)F. The molecule has 0 heterocycles. The summed E-state index contributed by atoms with van der Waals surface area (Å²) in [4.78, 5) is 7.11. The van der Waals surface area contributed by atoms with E-state index in [9.17, 15) is 8.78 Å². The summed E-state index contributed by atoms with van der Waals surface area (Å²) >= 11 is 0. The summed E-state index contributed by atoms with van der Waals surface area (Å²) in [7, 11) is 1.57. The predicted octanol–water partition coefficient (Wildman–Crippen LogP) is 2.56. The van der Waals surface area contributed by atoms with Crippen LogP contribution < -0.4 is 0 Å². The summed E-state index contributed by atoms with van der Waals surface area (Å²) in [6.07, 6.45) is -1.31. The Morgan fingerprint density at radius 2 is 1.92 bits per heavy atom. The highest BCUT2D eigenvalue weighted by Crippen LogP contribution is 2.11. The van der Waals surface area contributed by atoms with E-state index in [0.717, 1.165) is 0 Å². The largest absolute Gasteiger partial charge is 0.293 e. The van der Waals surface area contributed by atoms with Crippen LogP contribution in [0.4, 0.5) is 8.78 Å². The molecule has 0 saturated carbocycles. The number of rotatable bonds is 4. The van der Waals surface area contributed by atoms with Gasteiger partial charge in [-0.15, -0.1) is 0 Å². The first kappa shape index (κ1) is 11.9. The molecule has 0 N–H and O–H groups in total. The molecular weight excluding hydrogens is 174 g/mol. The minimum Gasteiger partial charge on any atom is -0.293 e. The van der Waals surface area contributed by atoms with E-state index >= 15 is 0 Å². The van der Waals surface area contributed by atoms with E-state index < -0.39 is 6.43 Å². The van der Waals surface area contributed by atoms with Gasteiger partial charge in [0.15, 0.2) is 0 Å². The van der Waals surface area contributed by atoms with E-state index in [1.165, 1.54) is 6.08 Å². The molecular formula is C9H14F2N2. The molecule has 0 rings (SSSR count). The van der Waals surface area contributed by atoms with E-state index in [-0.39, 0.29) is 11.6 Å². The van der Waals surface area contributed by atoms with Gasteiger partial charge in [-0.2, -0.15) is 0 Å². The number of alkyl halides is 2. The van der Waals surface area contributed by atoms with Gasteiger partial charge in [0, 0.05) is 12.8 Å². The van der Waals surface area contributed by atoms with E-state index in [1.54, 1.807) is 7.05 Å². The second-order valence-electron chi connectivity index (χ2n) is 2.83. The van der Waals surface area contributed by atoms with Crippen molar-refractivity contribution in [2.24, 2.45) is 15.9 Å². The van der Waals surface area contributed by atoms with Gasteiger partial charge < -0.3 is 0 Å². The molecule has 4 heteroatoms. The lowest BCUT2D eigenvalue weighted by Gasteiger charge is -2.05. The van der Waals surface area contributed by atoms with Crippen LogP contribution in [0.5, 0.6) is 0 Å². The molecule has 13 heavy (non-hydrogen) atoms. The molecule has 0 fully saturated rings. The molecule has 0 amide bonds. The quantitative estimate of drug-likeness (QED) is 0.606. The van der Waals surface area contributed by atoms with Crippen LogP contribution in [0.1, 0.15) is 13.8 Å². The Bertz CT molecular complexity index is 230. The van der Waals surface area contributed by atoms with Crippen LogP contribution in [0, 0.1) is 5.92 Å². The Morgan fingerprint density at radius 3 is 2.15 bits per heavy atom. The van der Waals surface area contributed by atoms with E-state index in [2.05, 4.69) is 16.7 Å². The monoisotopic (exact) mass is 188 g/mol. The predicted molar refractivity (Wildman–Crippen MR) is 51.8 cm³/mol. The zero-order valence-electron chi connectivity index (χ0n) is 8.09. The lowest BCUT2D eigenvalue weighted by Crippen LogP contribution is -2.07. The minimum atomic E-state index is -2.59. The van der Waals surface area contributed by atoms with Crippen LogP contribution in [-0.2, 0) is 0 Å².